The highest BCUT2D eigenvalue weighted by Gasteiger charge is 2.13. The Morgan fingerprint density at radius 1 is 1.11 bits per heavy atom. The van der Waals surface area contributed by atoms with E-state index in [0.29, 0.717) is 6.04 Å². The topological polar surface area (TPSA) is 12.0 Å². The molecule has 1 aromatic rings. The van der Waals surface area contributed by atoms with Crippen molar-refractivity contribution in [3.63, 3.8) is 0 Å². The van der Waals surface area contributed by atoms with Gasteiger partial charge in [-0.1, -0.05) is 51.8 Å². The number of benzene rings is 1. The molecular formula is C18H31N. The van der Waals surface area contributed by atoms with Crippen LogP contribution in [0.25, 0.3) is 0 Å². The van der Waals surface area contributed by atoms with Crippen LogP contribution in [0.15, 0.2) is 18.2 Å². The summed E-state index contributed by atoms with van der Waals surface area (Å²) in [4.78, 5) is 0. The molecule has 2 unspecified atom stereocenters. The van der Waals surface area contributed by atoms with Crippen molar-refractivity contribution in [3.8, 4) is 0 Å². The van der Waals surface area contributed by atoms with E-state index in [-0.39, 0.29) is 0 Å². The summed E-state index contributed by atoms with van der Waals surface area (Å²) in [6.07, 6.45) is 5.08. The summed E-state index contributed by atoms with van der Waals surface area (Å²) >= 11 is 0. The van der Waals surface area contributed by atoms with Crippen LogP contribution in [0.2, 0.25) is 0 Å². The lowest BCUT2D eigenvalue weighted by atomic mass is 9.92. The van der Waals surface area contributed by atoms with Crippen LogP contribution in [-0.4, -0.2) is 12.6 Å². The van der Waals surface area contributed by atoms with E-state index in [9.17, 15) is 0 Å². The molecule has 0 radical (unpaired) electrons. The second kappa shape index (κ2) is 8.37. The van der Waals surface area contributed by atoms with Gasteiger partial charge in [0.25, 0.3) is 0 Å². The normalized spacial score (nSPS) is 14.4. The molecule has 2 atom stereocenters. The molecule has 1 nitrogen and oxygen atoms in total. The van der Waals surface area contributed by atoms with Gasteiger partial charge in [-0.25, -0.2) is 0 Å². The largest absolute Gasteiger partial charge is 0.314 e. The Labute approximate surface area is 119 Å². The predicted molar refractivity (Wildman–Crippen MR) is 85.8 cm³/mol. The van der Waals surface area contributed by atoms with Crippen LogP contribution in [0, 0.1) is 19.8 Å². The van der Waals surface area contributed by atoms with Crippen molar-refractivity contribution < 1.29 is 0 Å². The van der Waals surface area contributed by atoms with Gasteiger partial charge in [-0.15, -0.1) is 0 Å². The summed E-state index contributed by atoms with van der Waals surface area (Å²) in [5, 5.41) is 3.65. The monoisotopic (exact) mass is 261 g/mol. The number of hydrogen-bond acceptors (Lipinski definition) is 1. The third-order valence-electron chi connectivity index (χ3n) is 4.01. The standard InChI is InChI=1S/C18H31N/c1-6-8-14(3)11-18(19-7-2)13-17-10-9-15(4)16(5)12-17/h9-10,12,14,18-19H,6-8,11,13H2,1-5H3. The van der Waals surface area contributed by atoms with E-state index in [0.717, 1.165) is 18.9 Å². The second-order valence-corrected chi connectivity index (χ2v) is 6.01. The Bertz CT molecular complexity index is 370. The smallest absolute Gasteiger partial charge is 0.0110 e. The maximum Gasteiger partial charge on any atom is 0.0110 e. The van der Waals surface area contributed by atoms with Gasteiger partial charge in [0.05, 0.1) is 0 Å². The zero-order chi connectivity index (χ0) is 14.3. The van der Waals surface area contributed by atoms with Crippen molar-refractivity contribution >= 4 is 0 Å². The van der Waals surface area contributed by atoms with Gasteiger partial charge in [-0.2, -0.15) is 0 Å². The third kappa shape index (κ3) is 5.78. The summed E-state index contributed by atoms with van der Waals surface area (Å²) in [5.74, 6) is 0.820. The Balaban J connectivity index is 2.63. The van der Waals surface area contributed by atoms with Crippen molar-refractivity contribution in [2.45, 2.75) is 66.3 Å². The molecule has 0 amide bonds. The molecule has 1 rings (SSSR count). The lowest BCUT2D eigenvalue weighted by molar-refractivity contribution is 0.385. The first-order valence-electron chi connectivity index (χ1n) is 7.86. The van der Waals surface area contributed by atoms with Gasteiger partial charge in [0.2, 0.25) is 0 Å². The zero-order valence-corrected chi connectivity index (χ0v) is 13.4. The molecule has 108 valence electrons. The molecule has 19 heavy (non-hydrogen) atoms. The first kappa shape index (κ1) is 16.2. The number of hydrogen-bond donors (Lipinski definition) is 1. The van der Waals surface area contributed by atoms with Gasteiger partial charge in [-0.05, 0) is 55.8 Å². The van der Waals surface area contributed by atoms with Crippen LogP contribution in [-0.2, 0) is 6.42 Å². The van der Waals surface area contributed by atoms with Gasteiger partial charge in [0, 0.05) is 6.04 Å². The molecule has 0 aliphatic heterocycles. The van der Waals surface area contributed by atoms with Crippen LogP contribution >= 0.6 is 0 Å². The first-order valence-corrected chi connectivity index (χ1v) is 7.86. The molecular weight excluding hydrogens is 230 g/mol. The highest BCUT2D eigenvalue weighted by Crippen LogP contribution is 2.17. The number of nitrogens with one attached hydrogen (secondary N) is 1. The lowest BCUT2D eigenvalue weighted by Crippen LogP contribution is -2.32. The number of rotatable bonds is 8. The fourth-order valence-electron chi connectivity index (χ4n) is 2.84. The Morgan fingerprint density at radius 3 is 2.42 bits per heavy atom. The van der Waals surface area contributed by atoms with E-state index in [2.05, 4.69) is 58.1 Å². The van der Waals surface area contributed by atoms with Crippen LogP contribution in [0.4, 0.5) is 0 Å². The molecule has 0 aliphatic carbocycles. The summed E-state index contributed by atoms with van der Waals surface area (Å²) < 4.78 is 0. The Kier molecular flexibility index (Phi) is 7.15. The molecule has 0 bridgehead atoms. The molecule has 0 aliphatic rings. The lowest BCUT2D eigenvalue weighted by Gasteiger charge is -2.22. The average Bonchev–Trinajstić information content (AvgIpc) is 2.34. The molecule has 0 fully saturated rings. The van der Waals surface area contributed by atoms with Gasteiger partial charge in [0.1, 0.15) is 0 Å². The minimum atomic E-state index is 0.619. The molecule has 0 saturated heterocycles. The molecule has 0 heterocycles. The quantitative estimate of drug-likeness (QED) is 0.718. The van der Waals surface area contributed by atoms with E-state index >= 15 is 0 Å². The second-order valence-electron chi connectivity index (χ2n) is 6.01. The Morgan fingerprint density at radius 2 is 1.84 bits per heavy atom. The van der Waals surface area contributed by atoms with E-state index < -0.39 is 0 Å². The molecule has 1 N–H and O–H groups in total. The molecule has 0 aromatic heterocycles. The summed E-state index contributed by atoms with van der Waals surface area (Å²) in [6.45, 7) is 12.3. The summed E-state index contributed by atoms with van der Waals surface area (Å²) in [6, 6.07) is 7.51. The summed E-state index contributed by atoms with van der Waals surface area (Å²) in [7, 11) is 0. The highest BCUT2D eigenvalue weighted by molar-refractivity contribution is 5.30. The number of aryl methyl sites for hydroxylation is 2. The van der Waals surface area contributed by atoms with Crippen molar-refractivity contribution in [1.82, 2.24) is 5.32 Å². The van der Waals surface area contributed by atoms with Crippen molar-refractivity contribution in [2.75, 3.05) is 6.54 Å². The fourth-order valence-corrected chi connectivity index (χ4v) is 2.84. The van der Waals surface area contributed by atoms with Crippen molar-refractivity contribution in [3.05, 3.63) is 34.9 Å². The van der Waals surface area contributed by atoms with Crippen LogP contribution in [0.1, 0.15) is 56.7 Å². The summed E-state index contributed by atoms with van der Waals surface area (Å²) in [5.41, 5.74) is 4.27. The van der Waals surface area contributed by atoms with Gasteiger partial charge in [-0.3, -0.25) is 0 Å². The van der Waals surface area contributed by atoms with Crippen LogP contribution in [0.5, 0.6) is 0 Å². The highest BCUT2D eigenvalue weighted by atomic mass is 14.9. The van der Waals surface area contributed by atoms with Crippen molar-refractivity contribution in [2.24, 2.45) is 5.92 Å². The number of likely N-dealkylation sites (N-methyl/N-ethyl adjacent to an activating group) is 1. The molecule has 0 spiro atoms. The van der Waals surface area contributed by atoms with E-state index in [1.807, 2.05) is 0 Å². The van der Waals surface area contributed by atoms with Crippen LogP contribution < -0.4 is 5.32 Å². The van der Waals surface area contributed by atoms with E-state index in [1.165, 1.54) is 36.0 Å². The fraction of sp³-hybridized carbons (Fsp3) is 0.667. The minimum Gasteiger partial charge on any atom is -0.314 e. The van der Waals surface area contributed by atoms with E-state index in [1.54, 1.807) is 0 Å². The maximum absolute atomic E-state index is 3.65. The first-order chi connectivity index (χ1) is 9.06. The van der Waals surface area contributed by atoms with E-state index in [4.69, 9.17) is 0 Å². The predicted octanol–water partition coefficient (Wildman–Crippen LogP) is 4.65. The van der Waals surface area contributed by atoms with Crippen LogP contribution in [0.3, 0.4) is 0 Å². The SMILES string of the molecule is CCCC(C)CC(Cc1ccc(C)c(C)c1)NCC. The molecule has 1 heteroatoms. The van der Waals surface area contributed by atoms with Gasteiger partial charge < -0.3 is 5.32 Å². The minimum absolute atomic E-state index is 0.619. The third-order valence-corrected chi connectivity index (χ3v) is 4.01. The van der Waals surface area contributed by atoms with Gasteiger partial charge in [0.15, 0.2) is 0 Å². The van der Waals surface area contributed by atoms with Gasteiger partial charge >= 0.3 is 0 Å². The molecule has 1 aromatic carbocycles. The Hall–Kier alpha value is -0.820. The molecule has 0 saturated carbocycles. The maximum atomic E-state index is 3.65. The average molecular weight is 261 g/mol. The zero-order valence-electron chi connectivity index (χ0n) is 13.4. The van der Waals surface area contributed by atoms with Crippen molar-refractivity contribution in [1.29, 1.82) is 0 Å².